The maximum absolute atomic E-state index is 11.3. The Balaban J connectivity index is 2.11. The Morgan fingerprint density at radius 1 is 1.16 bits per heavy atom. The standard InChI is InChI=1S/C12H16ClN3O2S/c13-9-1-3-10(4-2-9)19-6-5-15-12(18)8-16-11(17)7-14/h1-4H,5-8,14H2,(H,15,18)(H,16,17). The number of benzene rings is 1. The van der Waals surface area contributed by atoms with Crippen LogP contribution < -0.4 is 16.4 Å². The lowest BCUT2D eigenvalue weighted by atomic mass is 10.4. The van der Waals surface area contributed by atoms with Crippen molar-refractivity contribution in [3.63, 3.8) is 0 Å². The van der Waals surface area contributed by atoms with Crippen LogP contribution in [0.2, 0.25) is 5.02 Å². The van der Waals surface area contributed by atoms with Crippen molar-refractivity contribution < 1.29 is 9.59 Å². The number of amides is 2. The van der Waals surface area contributed by atoms with Gasteiger partial charge < -0.3 is 16.4 Å². The van der Waals surface area contributed by atoms with Crippen LogP contribution in [0.4, 0.5) is 0 Å². The van der Waals surface area contributed by atoms with Gasteiger partial charge in [-0.3, -0.25) is 9.59 Å². The molecule has 0 aliphatic rings. The Kier molecular flexibility index (Phi) is 7.32. The lowest BCUT2D eigenvalue weighted by Gasteiger charge is -2.06. The number of carbonyl (C=O) groups excluding carboxylic acids is 2. The van der Waals surface area contributed by atoms with Crippen molar-refractivity contribution in [2.24, 2.45) is 5.73 Å². The number of hydrogen-bond donors (Lipinski definition) is 3. The highest BCUT2D eigenvalue weighted by atomic mass is 35.5. The normalized spacial score (nSPS) is 10.0. The Morgan fingerprint density at radius 3 is 2.47 bits per heavy atom. The van der Waals surface area contributed by atoms with Crippen molar-refractivity contribution in [3.05, 3.63) is 29.3 Å². The van der Waals surface area contributed by atoms with Crippen LogP contribution in [0.3, 0.4) is 0 Å². The van der Waals surface area contributed by atoms with Gasteiger partial charge in [0.2, 0.25) is 11.8 Å². The minimum Gasteiger partial charge on any atom is -0.354 e. The molecule has 0 bridgehead atoms. The molecular formula is C12H16ClN3O2S. The van der Waals surface area contributed by atoms with Crippen LogP contribution in [0.15, 0.2) is 29.2 Å². The molecule has 0 aliphatic heterocycles. The van der Waals surface area contributed by atoms with E-state index in [4.69, 9.17) is 17.3 Å². The first kappa shape index (κ1) is 15.8. The summed E-state index contributed by atoms with van der Waals surface area (Å²) in [6, 6.07) is 7.50. The van der Waals surface area contributed by atoms with Gasteiger partial charge in [0.1, 0.15) is 0 Å². The molecule has 0 aliphatic carbocycles. The summed E-state index contributed by atoms with van der Waals surface area (Å²) in [6.45, 7) is 0.381. The summed E-state index contributed by atoms with van der Waals surface area (Å²) in [6.07, 6.45) is 0. The van der Waals surface area contributed by atoms with Crippen LogP contribution >= 0.6 is 23.4 Å². The molecule has 0 atom stereocenters. The lowest BCUT2D eigenvalue weighted by molar-refractivity contribution is -0.125. The highest BCUT2D eigenvalue weighted by molar-refractivity contribution is 7.99. The van der Waals surface area contributed by atoms with Crippen LogP contribution in [0.1, 0.15) is 0 Å². The molecule has 0 spiro atoms. The molecule has 1 rings (SSSR count). The molecule has 0 fully saturated rings. The van der Waals surface area contributed by atoms with E-state index >= 15 is 0 Å². The van der Waals surface area contributed by atoms with E-state index in [1.165, 1.54) is 0 Å². The molecule has 0 heterocycles. The van der Waals surface area contributed by atoms with Gasteiger partial charge in [-0.05, 0) is 24.3 Å². The Labute approximate surface area is 121 Å². The van der Waals surface area contributed by atoms with Gasteiger partial charge in [0.25, 0.3) is 0 Å². The number of nitrogens with one attached hydrogen (secondary N) is 2. The maximum atomic E-state index is 11.3. The summed E-state index contributed by atoms with van der Waals surface area (Å²) < 4.78 is 0. The highest BCUT2D eigenvalue weighted by Crippen LogP contribution is 2.19. The molecule has 1 aromatic rings. The Hall–Kier alpha value is -1.24. The second-order valence-electron chi connectivity index (χ2n) is 3.63. The third kappa shape index (κ3) is 7.05. The number of thioether (sulfide) groups is 1. The van der Waals surface area contributed by atoms with Crippen molar-refractivity contribution in [2.45, 2.75) is 4.90 Å². The molecule has 4 N–H and O–H groups in total. The van der Waals surface area contributed by atoms with Crippen LogP contribution in [-0.2, 0) is 9.59 Å². The lowest BCUT2D eigenvalue weighted by Crippen LogP contribution is -2.40. The van der Waals surface area contributed by atoms with Crippen LogP contribution in [0.25, 0.3) is 0 Å². The molecule has 5 nitrogen and oxygen atoms in total. The zero-order valence-electron chi connectivity index (χ0n) is 10.3. The molecule has 0 radical (unpaired) electrons. The van der Waals surface area contributed by atoms with Gasteiger partial charge in [0.15, 0.2) is 0 Å². The van der Waals surface area contributed by atoms with E-state index in [0.717, 1.165) is 10.6 Å². The summed E-state index contributed by atoms with van der Waals surface area (Å²) in [5.41, 5.74) is 5.10. The Bertz CT molecular complexity index is 425. The SMILES string of the molecule is NCC(=O)NCC(=O)NCCSc1ccc(Cl)cc1. The first-order chi connectivity index (χ1) is 9.11. The molecule has 0 saturated heterocycles. The molecule has 0 aromatic heterocycles. The Morgan fingerprint density at radius 2 is 1.84 bits per heavy atom. The van der Waals surface area contributed by atoms with E-state index in [1.807, 2.05) is 24.3 Å². The van der Waals surface area contributed by atoms with Crippen molar-refractivity contribution in [3.8, 4) is 0 Å². The summed E-state index contributed by atoms with van der Waals surface area (Å²) in [4.78, 5) is 23.2. The van der Waals surface area contributed by atoms with E-state index in [-0.39, 0.29) is 24.9 Å². The monoisotopic (exact) mass is 301 g/mol. The predicted molar refractivity (Wildman–Crippen MR) is 77.2 cm³/mol. The number of hydrogen-bond acceptors (Lipinski definition) is 4. The number of halogens is 1. The van der Waals surface area contributed by atoms with E-state index < -0.39 is 0 Å². The van der Waals surface area contributed by atoms with Crippen LogP contribution in [0.5, 0.6) is 0 Å². The predicted octanol–water partition coefficient (Wildman–Crippen LogP) is 0.623. The molecule has 0 saturated carbocycles. The molecule has 1 aromatic carbocycles. The molecule has 19 heavy (non-hydrogen) atoms. The first-order valence-electron chi connectivity index (χ1n) is 5.73. The first-order valence-corrected chi connectivity index (χ1v) is 7.10. The highest BCUT2D eigenvalue weighted by Gasteiger charge is 2.03. The van der Waals surface area contributed by atoms with Gasteiger partial charge in [-0.2, -0.15) is 0 Å². The fourth-order valence-electron chi connectivity index (χ4n) is 1.20. The third-order valence-corrected chi connectivity index (χ3v) is 3.40. The minimum atomic E-state index is -0.342. The van der Waals surface area contributed by atoms with E-state index in [0.29, 0.717) is 11.6 Å². The van der Waals surface area contributed by atoms with Crippen molar-refractivity contribution >= 4 is 35.2 Å². The second-order valence-corrected chi connectivity index (χ2v) is 5.24. The quantitative estimate of drug-likeness (QED) is 0.509. The van der Waals surface area contributed by atoms with Gasteiger partial charge in [-0.25, -0.2) is 0 Å². The number of nitrogens with two attached hydrogens (primary N) is 1. The smallest absolute Gasteiger partial charge is 0.239 e. The molecule has 0 unspecified atom stereocenters. The topological polar surface area (TPSA) is 84.2 Å². The number of carbonyl (C=O) groups is 2. The second kappa shape index (κ2) is 8.79. The zero-order valence-corrected chi connectivity index (χ0v) is 11.9. The van der Waals surface area contributed by atoms with Gasteiger partial charge >= 0.3 is 0 Å². The molecule has 2 amide bonds. The van der Waals surface area contributed by atoms with E-state index in [1.54, 1.807) is 11.8 Å². The summed E-state index contributed by atoms with van der Waals surface area (Å²) in [7, 11) is 0. The van der Waals surface area contributed by atoms with Crippen LogP contribution in [0, 0.1) is 0 Å². The average Bonchev–Trinajstić information content (AvgIpc) is 2.42. The number of rotatable bonds is 7. The van der Waals surface area contributed by atoms with E-state index in [2.05, 4.69) is 10.6 Å². The van der Waals surface area contributed by atoms with Gasteiger partial charge in [-0.15, -0.1) is 11.8 Å². The molecule has 7 heteroatoms. The van der Waals surface area contributed by atoms with Crippen LogP contribution in [-0.4, -0.2) is 37.2 Å². The summed E-state index contributed by atoms with van der Waals surface area (Å²) in [5.74, 6) is 0.183. The fraction of sp³-hybridized carbons (Fsp3) is 0.333. The van der Waals surface area contributed by atoms with Gasteiger partial charge in [0, 0.05) is 22.2 Å². The summed E-state index contributed by atoms with van der Waals surface area (Å²) >= 11 is 7.40. The maximum Gasteiger partial charge on any atom is 0.239 e. The zero-order chi connectivity index (χ0) is 14.1. The van der Waals surface area contributed by atoms with Gasteiger partial charge in [-0.1, -0.05) is 11.6 Å². The third-order valence-electron chi connectivity index (χ3n) is 2.14. The van der Waals surface area contributed by atoms with Crippen molar-refractivity contribution in [1.82, 2.24) is 10.6 Å². The fourth-order valence-corrected chi connectivity index (χ4v) is 2.10. The minimum absolute atomic E-state index is 0.0400. The molecule has 104 valence electrons. The largest absolute Gasteiger partial charge is 0.354 e. The van der Waals surface area contributed by atoms with Gasteiger partial charge in [0.05, 0.1) is 13.1 Å². The molecular weight excluding hydrogens is 286 g/mol. The average molecular weight is 302 g/mol. The van der Waals surface area contributed by atoms with E-state index in [9.17, 15) is 9.59 Å². The van der Waals surface area contributed by atoms with Crippen molar-refractivity contribution in [1.29, 1.82) is 0 Å². The van der Waals surface area contributed by atoms with Crippen molar-refractivity contribution in [2.75, 3.05) is 25.4 Å². The summed E-state index contributed by atoms with van der Waals surface area (Å²) in [5, 5.41) is 5.80.